The van der Waals surface area contributed by atoms with Crippen LogP contribution in [0.2, 0.25) is 0 Å². The summed E-state index contributed by atoms with van der Waals surface area (Å²) in [7, 11) is 0. The van der Waals surface area contributed by atoms with Crippen LogP contribution in [0.15, 0.2) is 24.3 Å². The Balaban J connectivity index is 3.06. The molecule has 0 nitrogen and oxygen atoms in total. The first-order valence-electron chi connectivity index (χ1n) is 8.21. The first kappa shape index (κ1) is 17.5. The van der Waals surface area contributed by atoms with Gasteiger partial charge in [0.1, 0.15) is 0 Å². The monoisotopic (exact) mass is 250 g/mol. The average Bonchev–Trinajstić information content (AvgIpc) is 2.39. The molecule has 0 heterocycles. The Kier molecular flexibility index (Phi) is 16.0. The van der Waals surface area contributed by atoms with E-state index in [1.165, 1.54) is 77.0 Å². The van der Waals surface area contributed by atoms with Crippen molar-refractivity contribution in [3.63, 3.8) is 0 Å². The molecule has 0 aromatic heterocycles. The van der Waals surface area contributed by atoms with Gasteiger partial charge in [0.05, 0.1) is 0 Å². The van der Waals surface area contributed by atoms with Crippen LogP contribution < -0.4 is 0 Å². The lowest BCUT2D eigenvalue weighted by Crippen LogP contribution is -1.77. The Hall–Kier alpha value is -0.520. The van der Waals surface area contributed by atoms with Gasteiger partial charge >= 0.3 is 0 Å². The van der Waals surface area contributed by atoms with Crippen LogP contribution in [0.5, 0.6) is 0 Å². The fraction of sp³-hybridized carbons (Fsp3) is 0.778. The maximum Gasteiger partial charge on any atom is -0.0351 e. The summed E-state index contributed by atoms with van der Waals surface area (Å²) in [6.45, 7) is 4.47. The van der Waals surface area contributed by atoms with Crippen LogP contribution in [-0.4, -0.2) is 0 Å². The fourth-order valence-electron chi connectivity index (χ4n) is 2.09. The van der Waals surface area contributed by atoms with Gasteiger partial charge in [0.15, 0.2) is 0 Å². The molecule has 0 amide bonds. The highest BCUT2D eigenvalue weighted by atomic mass is 13.9. The van der Waals surface area contributed by atoms with E-state index in [1.54, 1.807) is 0 Å². The van der Waals surface area contributed by atoms with E-state index in [1.807, 2.05) is 0 Å². The first-order chi connectivity index (χ1) is 8.91. The van der Waals surface area contributed by atoms with Crippen LogP contribution in [0.1, 0.15) is 90.9 Å². The predicted molar refractivity (Wildman–Crippen MR) is 85.0 cm³/mol. The molecule has 0 aromatic carbocycles. The molecule has 0 bridgehead atoms. The van der Waals surface area contributed by atoms with Crippen LogP contribution in [-0.2, 0) is 0 Å². The van der Waals surface area contributed by atoms with Crippen LogP contribution in [0.25, 0.3) is 0 Å². The zero-order chi connectivity index (χ0) is 13.3. The van der Waals surface area contributed by atoms with E-state index < -0.39 is 0 Å². The minimum atomic E-state index is 1.18. The van der Waals surface area contributed by atoms with Crippen LogP contribution in [0.4, 0.5) is 0 Å². The van der Waals surface area contributed by atoms with Crippen molar-refractivity contribution in [3.8, 4) is 0 Å². The van der Waals surface area contributed by atoms with Crippen LogP contribution in [0.3, 0.4) is 0 Å². The van der Waals surface area contributed by atoms with Crippen molar-refractivity contribution < 1.29 is 0 Å². The molecule has 0 aliphatic heterocycles. The summed E-state index contributed by atoms with van der Waals surface area (Å²) in [5, 5.41) is 0. The molecule has 0 radical (unpaired) electrons. The van der Waals surface area contributed by atoms with E-state index in [-0.39, 0.29) is 0 Å². The number of unbranched alkanes of at least 4 members (excludes halogenated alkanes) is 9. The van der Waals surface area contributed by atoms with Gasteiger partial charge in [-0.3, -0.25) is 0 Å². The Morgan fingerprint density at radius 3 is 1.44 bits per heavy atom. The highest BCUT2D eigenvalue weighted by Crippen LogP contribution is 2.07. The standard InChI is InChI=1S/C18H34/c1-3-5-7-9-11-13-15-17-18-16-14-12-10-8-6-4-2/h5,7,16,18H,3-4,6,8-15,17H2,1-2H3. The van der Waals surface area contributed by atoms with Gasteiger partial charge in [0, 0.05) is 0 Å². The molecule has 0 saturated heterocycles. The third kappa shape index (κ3) is 15.5. The summed E-state index contributed by atoms with van der Waals surface area (Å²) in [5.74, 6) is 0. The van der Waals surface area contributed by atoms with Gasteiger partial charge < -0.3 is 0 Å². The van der Waals surface area contributed by atoms with E-state index in [4.69, 9.17) is 0 Å². The van der Waals surface area contributed by atoms with Crippen molar-refractivity contribution in [2.75, 3.05) is 0 Å². The van der Waals surface area contributed by atoms with E-state index in [0.717, 1.165) is 0 Å². The summed E-state index contributed by atoms with van der Waals surface area (Å²) >= 11 is 0. The lowest BCUT2D eigenvalue weighted by atomic mass is 10.1. The Morgan fingerprint density at radius 2 is 0.944 bits per heavy atom. The van der Waals surface area contributed by atoms with Gasteiger partial charge in [0.2, 0.25) is 0 Å². The molecule has 0 unspecified atom stereocenters. The molecule has 0 aromatic rings. The van der Waals surface area contributed by atoms with E-state index in [9.17, 15) is 0 Å². The van der Waals surface area contributed by atoms with Crippen molar-refractivity contribution in [2.45, 2.75) is 90.9 Å². The third-order valence-corrected chi connectivity index (χ3v) is 3.28. The molecule has 0 saturated carbocycles. The molecular formula is C18H34. The predicted octanol–water partition coefficient (Wildman–Crippen LogP) is 6.82. The van der Waals surface area contributed by atoms with Crippen molar-refractivity contribution in [2.24, 2.45) is 0 Å². The largest absolute Gasteiger partial charge is 0.0888 e. The second kappa shape index (κ2) is 16.5. The van der Waals surface area contributed by atoms with Crippen molar-refractivity contribution in [1.82, 2.24) is 0 Å². The van der Waals surface area contributed by atoms with Crippen LogP contribution >= 0.6 is 0 Å². The molecule has 0 aliphatic rings. The average molecular weight is 250 g/mol. The minimum Gasteiger partial charge on any atom is -0.0888 e. The van der Waals surface area contributed by atoms with Gasteiger partial charge in [0.25, 0.3) is 0 Å². The highest BCUT2D eigenvalue weighted by Gasteiger charge is 1.87. The minimum absolute atomic E-state index is 1.18. The van der Waals surface area contributed by atoms with E-state index in [0.29, 0.717) is 0 Å². The molecule has 0 rings (SSSR count). The van der Waals surface area contributed by atoms with Gasteiger partial charge in [-0.25, -0.2) is 0 Å². The SMILES string of the molecule is CCC=CCCCCCC=CCCCCCCC. The molecule has 0 heteroatoms. The first-order valence-corrected chi connectivity index (χ1v) is 8.21. The lowest BCUT2D eigenvalue weighted by molar-refractivity contribution is 0.636. The quantitative estimate of drug-likeness (QED) is 0.248. The molecule has 106 valence electrons. The van der Waals surface area contributed by atoms with E-state index >= 15 is 0 Å². The molecule has 0 atom stereocenters. The van der Waals surface area contributed by atoms with Crippen molar-refractivity contribution in [3.05, 3.63) is 24.3 Å². The van der Waals surface area contributed by atoms with Gasteiger partial charge in [-0.2, -0.15) is 0 Å². The summed E-state index contributed by atoms with van der Waals surface area (Å²) in [6, 6.07) is 0. The summed E-state index contributed by atoms with van der Waals surface area (Å²) in [4.78, 5) is 0. The number of hydrogen-bond donors (Lipinski definition) is 0. The summed E-state index contributed by atoms with van der Waals surface area (Å²) < 4.78 is 0. The Morgan fingerprint density at radius 1 is 0.500 bits per heavy atom. The van der Waals surface area contributed by atoms with Gasteiger partial charge in [-0.15, -0.1) is 0 Å². The maximum atomic E-state index is 2.39. The molecule has 18 heavy (non-hydrogen) atoms. The zero-order valence-electron chi connectivity index (χ0n) is 12.8. The maximum absolute atomic E-state index is 2.39. The Labute approximate surface area is 116 Å². The summed E-state index contributed by atoms with van der Waals surface area (Å²) in [5.41, 5.74) is 0. The number of hydrogen-bond acceptors (Lipinski definition) is 0. The zero-order valence-corrected chi connectivity index (χ0v) is 12.8. The van der Waals surface area contributed by atoms with Crippen molar-refractivity contribution in [1.29, 1.82) is 0 Å². The Bertz CT molecular complexity index is 188. The normalized spacial score (nSPS) is 11.9. The molecule has 0 N–H and O–H groups in total. The van der Waals surface area contributed by atoms with Gasteiger partial charge in [-0.05, 0) is 44.9 Å². The molecule has 0 spiro atoms. The van der Waals surface area contributed by atoms with Crippen LogP contribution in [0, 0.1) is 0 Å². The number of rotatable bonds is 13. The smallest absolute Gasteiger partial charge is 0.0351 e. The van der Waals surface area contributed by atoms with E-state index in [2.05, 4.69) is 38.2 Å². The lowest BCUT2D eigenvalue weighted by Gasteiger charge is -1.97. The number of allylic oxidation sites excluding steroid dienone is 4. The molecule has 0 aliphatic carbocycles. The third-order valence-electron chi connectivity index (χ3n) is 3.28. The molecular weight excluding hydrogens is 216 g/mol. The highest BCUT2D eigenvalue weighted by molar-refractivity contribution is 4.82. The second-order valence-corrected chi connectivity index (χ2v) is 5.19. The summed E-state index contributed by atoms with van der Waals surface area (Å²) in [6.07, 6.45) is 25.5. The topological polar surface area (TPSA) is 0 Å². The second-order valence-electron chi connectivity index (χ2n) is 5.19. The van der Waals surface area contributed by atoms with Gasteiger partial charge in [-0.1, -0.05) is 70.3 Å². The molecule has 0 fully saturated rings. The fourth-order valence-corrected chi connectivity index (χ4v) is 2.09. The van der Waals surface area contributed by atoms with Crippen molar-refractivity contribution >= 4 is 0 Å².